The van der Waals surface area contributed by atoms with Crippen LogP contribution in [0.25, 0.3) is 11.1 Å². The first kappa shape index (κ1) is 22.6. The number of alkyl carbamates (subject to hydrolysis) is 1. The SMILES string of the molecule is C=CCCC(NC(=O)C1CC1CNC(=O)OCC1c2ccccc2-c2ccccc21)C(=O)O. The molecule has 172 valence electrons. The highest BCUT2D eigenvalue weighted by Gasteiger charge is 2.44. The Hall–Kier alpha value is -3.61. The molecule has 33 heavy (non-hydrogen) atoms. The Labute approximate surface area is 192 Å². The normalized spacial score (nSPS) is 19.0. The molecule has 0 saturated heterocycles. The lowest BCUT2D eigenvalue weighted by Gasteiger charge is -2.15. The summed E-state index contributed by atoms with van der Waals surface area (Å²) in [4.78, 5) is 35.9. The molecule has 0 aromatic heterocycles. The number of aliphatic carboxylic acids is 1. The van der Waals surface area contributed by atoms with Crippen LogP contribution in [0.15, 0.2) is 61.2 Å². The first-order chi connectivity index (χ1) is 16.0. The van der Waals surface area contributed by atoms with Crippen molar-refractivity contribution in [3.05, 3.63) is 72.3 Å². The van der Waals surface area contributed by atoms with Crippen molar-refractivity contribution in [1.29, 1.82) is 0 Å². The van der Waals surface area contributed by atoms with Gasteiger partial charge in [0.1, 0.15) is 12.6 Å². The number of allylic oxidation sites excluding steroid dienone is 1. The van der Waals surface area contributed by atoms with E-state index in [4.69, 9.17) is 4.74 Å². The fraction of sp³-hybridized carbons (Fsp3) is 0.346. The molecule has 0 bridgehead atoms. The van der Waals surface area contributed by atoms with E-state index >= 15 is 0 Å². The summed E-state index contributed by atoms with van der Waals surface area (Å²) in [5.41, 5.74) is 4.63. The van der Waals surface area contributed by atoms with Gasteiger partial charge in [0.05, 0.1) is 0 Å². The van der Waals surface area contributed by atoms with Gasteiger partial charge in [0.25, 0.3) is 0 Å². The number of hydrogen-bond acceptors (Lipinski definition) is 4. The van der Waals surface area contributed by atoms with Gasteiger partial charge in [0, 0.05) is 18.4 Å². The van der Waals surface area contributed by atoms with Crippen molar-refractivity contribution in [2.45, 2.75) is 31.2 Å². The Morgan fingerprint density at radius 1 is 1.09 bits per heavy atom. The predicted octanol–water partition coefficient (Wildman–Crippen LogP) is 3.70. The topological polar surface area (TPSA) is 105 Å². The number of nitrogens with one attached hydrogen (secondary N) is 2. The minimum atomic E-state index is -1.06. The van der Waals surface area contributed by atoms with Crippen LogP contribution in [-0.4, -0.2) is 42.3 Å². The molecule has 0 aliphatic heterocycles. The molecule has 3 atom stereocenters. The number of carboxylic acids is 1. The first-order valence-corrected chi connectivity index (χ1v) is 11.2. The molecule has 1 fully saturated rings. The highest BCUT2D eigenvalue weighted by Crippen LogP contribution is 2.44. The smallest absolute Gasteiger partial charge is 0.407 e. The van der Waals surface area contributed by atoms with E-state index in [-0.39, 0.29) is 30.3 Å². The maximum atomic E-state index is 12.3. The number of carbonyl (C=O) groups is 3. The molecule has 2 aromatic carbocycles. The van der Waals surface area contributed by atoms with Crippen LogP contribution in [-0.2, 0) is 14.3 Å². The van der Waals surface area contributed by atoms with E-state index in [0.717, 1.165) is 11.1 Å². The third-order valence-corrected chi connectivity index (χ3v) is 6.39. The summed E-state index contributed by atoms with van der Waals surface area (Å²) in [6.45, 7) is 4.13. The van der Waals surface area contributed by atoms with Crippen molar-refractivity contribution >= 4 is 18.0 Å². The van der Waals surface area contributed by atoms with Crippen molar-refractivity contribution in [3.63, 3.8) is 0 Å². The van der Waals surface area contributed by atoms with E-state index in [2.05, 4.69) is 41.5 Å². The molecule has 0 radical (unpaired) electrons. The first-order valence-electron chi connectivity index (χ1n) is 11.2. The van der Waals surface area contributed by atoms with Crippen molar-refractivity contribution in [1.82, 2.24) is 10.6 Å². The summed E-state index contributed by atoms with van der Waals surface area (Å²) >= 11 is 0. The molecular formula is C26H28N2O5. The van der Waals surface area contributed by atoms with E-state index in [0.29, 0.717) is 25.8 Å². The Morgan fingerprint density at radius 3 is 2.33 bits per heavy atom. The van der Waals surface area contributed by atoms with Crippen LogP contribution in [0, 0.1) is 11.8 Å². The molecule has 3 N–H and O–H groups in total. The Balaban J connectivity index is 1.24. The summed E-state index contributed by atoms with van der Waals surface area (Å²) in [5, 5.41) is 14.6. The predicted molar refractivity (Wildman–Crippen MR) is 124 cm³/mol. The van der Waals surface area contributed by atoms with Crippen LogP contribution in [0.4, 0.5) is 4.79 Å². The molecule has 0 heterocycles. The van der Waals surface area contributed by atoms with Crippen LogP contribution in [0.2, 0.25) is 0 Å². The second kappa shape index (κ2) is 9.90. The maximum absolute atomic E-state index is 12.3. The molecular weight excluding hydrogens is 420 g/mol. The fourth-order valence-electron chi connectivity index (χ4n) is 4.48. The van der Waals surface area contributed by atoms with Crippen molar-refractivity contribution < 1.29 is 24.2 Å². The Kier molecular flexibility index (Phi) is 6.77. The van der Waals surface area contributed by atoms with Gasteiger partial charge in [-0.05, 0) is 47.4 Å². The average Bonchev–Trinajstić information content (AvgIpc) is 3.54. The summed E-state index contributed by atoms with van der Waals surface area (Å²) in [7, 11) is 0. The third kappa shape index (κ3) is 5.08. The number of ether oxygens (including phenoxy) is 1. The Bertz CT molecular complexity index is 1020. The highest BCUT2D eigenvalue weighted by molar-refractivity contribution is 5.86. The second-order valence-corrected chi connectivity index (χ2v) is 8.57. The van der Waals surface area contributed by atoms with Gasteiger partial charge in [-0.3, -0.25) is 4.79 Å². The molecule has 7 heteroatoms. The zero-order valence-electron chi connectivity index (χ0n) is 18.3. The zero-order chi connectivity index (χ0) is 23.4. The largest absolute Gasteiger partial charge is 0.480 e. The second-order valence-electron chi connectivity index (χ2n) is 8.57. The van der Waals surface area contributed by atoms with Gasteiger partial charge in [-0.2, -0.15) is 0 Å². The number of carbonyl (C=O) groups excluding carboxylic acids is 2. The summed E-state index contributed by atoms with van der Waals surface area (Å²) in [6, 6.07) is 15.4. The van der Waals surface area contributed by atoms with E-state index in [1.165, 1.54) is 11.1 Å². The number of fused-ring (bicyclic) bond motifs is 3. The average molecular weight is 449 g/mol. The van der Waals surface area contributed by atoms with Crippen LogP contribution >= 0.6 is 0 Å². The van der Waals surface area contributed by atoms with Crippen molar-refractivity contribution in [3.8, 4) is 11.1 Å². The van der Waals surface area contributed by atoms with E-state index < -0.39 is 18.1 Å². The Morgan fingerprint density at radius 2 is 1.73 bits per heavy atom. The van der Waals surface area contributed by atoms with E-state index in [1.54, 1.807) is 6.08 Å². The quantitative estimate of drug-likeness (QED) is 0.481. The molecule has 3 unspecified atom stereocenters. The molecule has 2 aliphatic rings. The van der Waals surface area contributed by atoms with Gasteiger partial charge in [0.2, 0.25) is 5.91 Å². The lowest BCUT2D eigenvalue weighted by atomic mass is 9.98. The minimum Gasteiger partial charge on any atom is -0.480 e. The lowest BCUT2D eigenvalue weighted by Crippen LogP contribution is -2.42. The van der Waals surface area contributed by atoms with Crippen molar-refractivity contribution in [2.24, 2.45) is 11.8 Å². The van der Waals surface area contributed by atoms with Crippen LogP contribution < -0.4 is 10.6 Å². The number of benzene rings is 2. The summed E-state index contributed by atoms with van der Waals surface area (Å²) < 4.78 is 5.52. The van der Waals surface area contributed by atoms with Crippen LogP contribution in [0.5, 0.6) is 0 Å². The van der Waals surface area contributed by atoms with Gasteiger partial charge in [-0.25, -0.2) is 9.59 Å². The van der Waals surface area contributed by atoms with E-state index in [9.17, 15) is 19.5 Å². The number of rotatable bonds is 10. The molecule has 2 amide bonds. The maximum Gasteiger partial charge on any atom is 0.407 e. The number of hydrogen-bond donors (Lipinski definition) is 3. The number of carboxylic acid groups (broad SMARTS) is 1. The van der Waals surface area contributed by atoms with Gasteiger partial charge in [0.15, 0.2) is 0 Å². The molecule has 2 aromatic rings. The monoisotopic (exact) mass is 448 g/mol. The highest BCUT2D eigenvalue weighted by atomic mass is 16.5. The van der Waals surface area contributed by atoms with Gasteiger partial charge >= 0.3 is 12.1 Å². The van der Waals surface area contributed by atoms with Crippen LogP contribution in [0.1, 0.15) is 36.3 Å². The lowest BCUT2D eigenvalue weighted by molar-refractivity contribution is -0.142. The van der Waals surface area contributed by atoms with Gasteiger partial charge in [-0.1, -0.05) is 54.6 Å². The zero-order valence-corrected chi connectivity index (χ0v) is 18.3. The third-order valence-electron chi connectivity index (χ3n) is 6.39. The standard InChI is InChI=1S/C26H28N2O5/c1-2-3-12-23(25(30)31)28-24(29)21-13-16(21)14-27-26(32)33-15-22-19-10-6-4-8-17(19)18-9-5-7-11-20(18)22/h2,4-11,16,21-23H,1,3,12-15H2,(H,27,32)(H,28,29)(H,30,31). The van der Waals surface area contributed by atoms with Gasteiger partial charge < -0.3 is 20.5 Å². The molecule has 4 rings (SSSR count). The fourth-order valence-corrected chi connectivity index (χ4v) is 4.48. The molecule has 7 nitrogen and oxygen atoms in total. The van der Waals surface area contributed by atoms with Crippen molar-refractivity contribution in [2.75, 3.05) is 13.2 Å². The van der Waals surface area contributed by atoms with Gasteiger partial charge in [-0.15, -0.1) is 6.58 Å². The van der Waals surface area contributed by atoms with E-state index in [1.807, 2.05) is 24.3 Å². The van der Waals surface area contributed by atoms with Crippen LogP contribution in [0.3, 0.4) is 0 Å². The minimum absolute atomic E-state index is 0.00822. The molecule has 2 aliphatic carbocycles. The summed E-state index contributed by atoms with van der Waals surface area (Å²) in [5.74, 6) is -1.65. The summed E-state index contributed by atoms with van der Waals surface area (Å²) in [6.07, 6.45) is 2.54. The molecule has 0 spiro atoms. The molecule has 1 saturated carbocycles. The number of amides is 2.